The number of nitrogens with one attached hydrogen (secondary N) is 1. The maximum absolute atomic E-state index is 5.52. The first-order valence-corrected chi connectivity index (χ1v) is 9.27. The fourth-order valence-corrected chi connectivity index (χ4v) is 2.92. The first kappa shape index (κ1) is 20.5. The van der Waals surface area contributed by atoms with Gasteiger partial charge in [-0.15, -0.1) is 12.4 Å². The van der Waals surface area contributed by atoms with Crippen molar-refractivity contribution in [3.63, 3.8) is 0 Å². The van der Waals surface area contributed by atoms with E-state index >= 15 is 0 Å². The monoisotopic (exact) mass is 411 g/mol. The highest BCUT2D eigenvalue weighted by Gasteiger charge is 2.17. The highest BCUT2D eigenvalue weighted by Crippen LogP contribution is 2.35. The number of benzene rings is 1. The van der Waals surface area contributed by atoms with Crippen molar-refractivity contribution in [1.29, 1.82) is 0 Å². The van der Waals surface area contributed by atoms with E-state index in [0.717, 1.165) is 33.8 Å². The van der Waals surface area contributed by atoms with Crippen LogP contribution >= 0.6 is 12.4 Å². The van der Waals surface area contributed by atoms with Gasteiger partial charge < -0.3 is 14.6 Å². The fourth-order valence-electron chi connectivity index (χ4n) is 2.92. The van der Waals surface area contributed by atoms with E-state index in [2.05, 4.69) is 25.4 Å². The van der Waals surface area contributed by atoms with Crippen LogP contribution in [0.5, 0.6) is 5.75 Å². The lowest BCUT2D eigenvalue weighted by Crippen LogP contribution is -1.99. The standard InChI is InChI=1S/C21H21N5O2.ClH/c1-4-18-25-21(28-26-18)17-12-22-20-16(11-6-13(3)23-20)19(17)24-14-7-9-15(10-8-14)27-5-2;/h6-12H,4-5H2,1-3H3,(H,22,23,24);1H. The van der Waals surface area contributed by atoms with E-state index in [0.29, 0.717) is 30.4 Å². The molecule has 0 spiro atoms. The van der Waals surface area contributed by atoms with Crippen LogP contribution in [0.15, 0.2) is 47.1 Å². The maximum atomic E-state index is 5.52. The molecule has 0 saturated heterocycles. The van der Waals surface area contributed by atoms with Gasteiger partial charge in [-0.05, 0) is 50.2 Å². The first-order valence-electron chi connectivity index (χ1n) is 9.27. The molecule has 4 aromatic rings. The Hall–Kier alpha value is -3.19. The third-order valence-corrected chi connectivity index (χ3v) is 4.32. The average Bonchev–Trinajstić information content (AvgIpc) is 3.18. The van der Waals surface area contributed by atoms with Crippen LogP contribution in [-0.2, 0) is 6.42 Å². The van der Waals surface area contributed by atoms with Crippen LogP contribution in [0.25, 0.3) is 22.5 Å². The molecule has 0 atom stereocenters. The molecule has 1 N–H and O–H groups in total. The highest BCUT2D eigenvalue weighted by molar-refractivity contribution is 5.98. The van der Waals surface area contributed by atoms with Gasteiger partial charge in [-0.2, -0.15) is 4.98 Å². The molecule has 0 radical (unpaired) electrons. The van der Waals surface area contributed by atoms with Gasteiger partial charge >= 0.3 is 0 Å². The predicted octanol–water partition coefficient (Wildman–Crippen LogP) is 5.11. The third kappa shape index (κ3) is 4.30. The molecule has 0 aliphatic carbocycles. The van der Waals surface area contributed by atoms with Gasteiger partial charge in [0, 0.05) is 29.4 Å². The van der Waals surface area contributed by atoms with Gasteiger partial charge in [0.25, 0.3) is 5.89 Å². The molecule has 3 aromatic heterocycles. The van der Waals surface area contributed by atoms with Gasteiger partial charge in [0.1, 0.15) is 5.75 Å². The molecule has 0 saturated carbocycles. The number of fused-ring (bicyclic) bond motifs is 1. The second-order valence-corrected chi connectivity index (χ2v) is 6.32. The molecule has 0 aliphatic heterocycles. The Kier molecular flexibility index (Phi) is 6.29. The number of halogens is 1. The summed E-state index contributed by atoms with van der Waals surface area (Å²) in [6, 6.07) is 11.8. The normalized spacial score (nSPS) is 10.6. The summed E-state index contributed by atoms with van der Waals surface area (Å²) in [5, 5.41) is 8.36. The van der Waals surface area contributed by atoms with Crippen molar-refractivity contribution >= 4 is 34.8 Å². The second kappa shape index (κ2) is 8.87. The third-order valence-electron chi connectivity index (χ3n) is 4.32. The summed E-state index contributed by atoms with van der Waals surface area (Å²) in [5.74, 6) is 1.92. The minimum atomic E-state index is 0. The van der Waals surface area contributed by atoms with Gasteiger partial charge in [0.2, 0.25) is 0 Å². The van der Waals surface area contributed by atoms with Crippen LogP contribution < -0.4 is 10.1 Å². The molecule has 0 aliphatic rings. The molecule has 4 rings (SSSR count). The Morgan fingerprint density at radius 3 is 2.52 bits per heavy atom. The van der Waals surface area contributed by atoms with E-state index in [1.54, 1.807) is 6.20 Å². The number of hydrogen-bond acceptors (Lipinski definition) is 7. The number of rotatable bonds is 6. The molecular formula is C21H22ClN5O2. The number of nitrogens with zero attached hydrogens (tertiary/aromatic N) is 4. The number of pyridine rings is 2. The van der Waals surface area contributed by atoms with Crippen molar-refractivity contribution in [3.05, 3.63) is 54.1 Å². The maximum Gasteiger partial charge on any atom is 0.261 e. The Bertz CT molecular complexity index is 1110. The summed E-state index contributed by atoms with van der Waals surface area (Å²) in [7, 11) is 0. The van der Waals surface area contributed by atoms with E-state index < -0.39 is 0 Å². The fraction of sp³-hybridized carbons (Fsp3) is 0.238. The Morgan fingerprint density at radius 2 is 1.83 bits per heavy atom. The number of ether oxygens (including phenoxy) is 1. The van der Waals surface area contributed by atoms with Crippen molar-refractivity contribution < 1.29 is 9.26 Å². The molecule has 7 nitrogen and oxygen atoms in total. The van der Waals surface area contributed by atoms with E-state index in [1.807, 2.05) is 57.2 Å². The van der Waals surface area contributed by atoms with Crippen molar-refractivity contribution in [2.24, 2.45) is 0 Å². The van der Waals surface area contributed by atoms with Crippen molar-refractivity contribution in [1.82, 2.24) is 20.1 Å². The van der Waals surface area contributed by atoms with E-state index in [1.165, 1.54) is 0 Å². The SMILES string of the molecule is CCOc1ccc(Nc2c(-c3nc(CC)no3)cnc3nc(C)ccc23)cc1.Cl. The summed E-state index contributed by atoms with van der Waals surface area (Å²) >= 11 is 0. The molecule has 150 valence electrons. The number of anilines is 2. The van der Waals surface area contributed by atoms with Gasteiger partial charge in [-0.25, -0.2) is 9.97 Å². The van der Waals surface area contributed by atoms with Crippen LogP contribution in [0, 0.1) is 6.92 Å². The molecule has 8 heteroatoms. The van der Waals surface area contributed by atoms with Gasteiger partial charge in [0.15, 0.2) is 11.5 Å². The molecule has 3 heterocycles. The number of hydrogen-bond donors (Lipinski definition) is 1. The lowest BCUT2D eigenvalue weighted by molar-refractivity contribution is 0.340. The van der Waals surface area contributed by atoms with Crippen molar-refractivity contribution in [3.8, 4) is 17.2 Å². The summed E-state index contributed by atoms with van der Waals surface area (Å²) in [4.78, 5) is 13.5. The Labute approximate surface area is 174 Å². The van der Waals surface area contributed by atoms with Gasteiger partial charge in [-0.1, -0.05) is 12.1 Å². The van der Waals surface area contributed by atoms with Crippen LogP contribution in [0.4, 0.5) is 11.4 Å². The zero-order valence-corrected chi connectivity index (χ0v) is 17.3. The predicted molar refractivity (Wildman–Crippen MR) is 115 cm³/mol. The van der Waals surface area contributed by atoms with E-state index in [4.69, 9.17) is 9.26 Å². The topological polar surface area (TPSA) is 86.0 Å². The Balaban J connectivity index is 0.00000240. The molecule has 0 unspecified atom stereocenters. The van der Waals surface area contributed by atoms with Crippen LogP contribution in [-0.4, -0.2) is 26.7 Å². The van der Waals surface area contributed by atoms with Gasteiger partial charge in [-0.3, -0.25) is 0 Å². The zero-order chi connectivity index (χ0) is 19.5. The van der Waals surface area contributed by atoms with Crippen LogP contribution in [0.3, 0.4) is 0 Å². The number of aryl methyl sites for hydroxylation is 2. The quantitative estimate of drug-likeness (QED) is 0.471. The van der Waals surface area contributed by atoms with Gasteiger partial charge in [0.05, 0.1) is 17.9 Å². The molecule has 0 fully saturated rings. The summed E-state index contributed by atoms with van der Waals surface area (Å²) in [6.45, 7) is 6.53. The van der Waals surface area contributed by atoms with E-state index in [9.17, 15) is 0 Å². The summed E-state index contributed by atoms with van der Waals surface area (Å²) < 4.78 is 11.0. The molecule has 29 heavy (non-hydrogen) atoms. The minimum Gasteiger partial charge on any atom is -0.494 e. The van der Waals surface area contributed by atoms with Crippen LogP contribution in [0.1, 0.15) is 25.4 Å². The summed E-state index contributed by atoms with van der Waals surface area (Å²) in [6.07, 6.45) is 2.42. The first-order chi connectivity index (χ1) is 13.7. The summed E-state index contributed by atoms with van der Waals surface area (Å²) in [5.41, 5.74) is 4.04. The lowest BCUT2D eigenvalue weighted by atomic mass is 10.1. The molecule has 0 bridgehead atoms. The van der Waals surface area contributed by atoms with E-state index in [-0.39, 0.29) is 12.4 Å². The number of aromatic nitrogens is 4. The smallest absolute Gasteiger partial charge is 0.261 e. The van der Waals surface area contributed by atoms with Crippen molar-refractivity contribution in [2.75, 3.05) is 11.9 Å². The van der Waals surface area contributed by atoms with Crippen LogP contribution in [0.2, 0.25) is 0 Å². The highest BCUT2D eigenvalue weighted by atomic mass is 35.5. The molecule has 0 amide bonds. The largest absolute Gasteiger partial charge is 0.494 e. The second-order valence-electron chi connectivity index (χ2n) is 6.32. The van der Waals surface area contributed by atoms with Crippen molar-refractivity contribution in [2.45, 2.75) is 27.2 Å². The molecule has 1 aromatic carbocycles. The average molecular weight is 412 g/mol. The Morgan fingerprint density at radius 1 is 1.03 bits per heavy atom. The lowest BCUT2D eigenvalue weighted by Gasteiger charge is -2.13. The molecular weight excluding hydrogens is 390 g/mol. The minimum absolute atomic E-state index is 0. The zero-order valence-electron chi connectivity index (χ0n) is 16.5.